The number of carboxylic acid groups (broad SMARTS) is 1. The zero-order chi connectivity index (χ0) is 16.1. The monoisotopic (exact) mass is 209 g/mol. The molecule has 0 aromatic heterocycles. The van der Waals surface area contributed by atoms with Crippen molar-refractivity contribution in [3.63, 3.8) is 0 Å². The minimum Gasteiger partial charge on any atom is -0.479 e. The van der Waals surface area contributed by atoms with Crippen LogP contribution in [0.1, 0.15) is 21.1 Å². The molecule has 0 heterocycles. The summed E-state index contributed by atoms with van der Waals surface area (Å²) in [6.45, 7) is -6.04. The second-order valence-corrected chi connectivity index (χ2v) is 2.57. The molecule has 1 unspecified atom stereocenters. The molecule has 14 heavy (non-hydrogen) atoms. The number of carbonyl (C=O) groups is 1. The van der Waals surface area contributed by atoms with Gasteiger partial charge in [-0.2, -0.15) is 0 Å². The Labute approximate surface area is 91.5 Å². The van der Waals surface area contributed by atoms with E-state index < -0.39 is 32.0 Å². The van der Waals surface area contributed by atoms with Crippen LogP contribution < -0.4 is 5.73 Å². The van der Waals surface area contributed by atoms with Crippen LogP contribution in [0.25, 0.3) is 0 Å². The summed E-state index contributed by atoms with van der Waals surface area (Å²) < 4.78 is 42.6. The molecule has 0 aliphatic heterocycles. The number of aliphatic hydroxyl groups excluding tert-OH is 1. The Kier molecular flexibility index (Phi) is 2.46. The van der Waals surface area contributed by atoms with E-state index in [-0.39, 0.29) is 24.3 Å². The maximum Gasteiger partial charge on any atom is 0.332 e. The Hall–Kier alpha value is -1.30. The number of hydrogen-bond acceptors (Lipinski definition) is 3. The molecule has 0 amide bonds. The van der Waals surface area contributed by atoms with E-state index in [1.807, 2.05) is 0 Å². The molecule has 0 saturated heterocycles. The van der Waals surface area contributed by atoms with E-state index in [4.69, 9.17) is 24.2 Å². The van der Waals surface area contributed by atoms with Gasteiger partial charge in [-0.25, -0.2) is 4.79 Å². The van der Waals surface area contributed by atoms with Crippen LogP contribution in [-0.4, -0.2) is 53.6 Å². The second-order valence-electron chi connectivity index (χ2n) is 2.57. The Morgan fingerprint density at radius 2 is 2.36 bits per heavy atom. The number of rotatable bonds is 5. The highest BCUT2D eigenvalue weighted by molar-refractivity contribution is 5.77. The summed E-state index contributed by atoms with van der Waals surface area (Å²) in [4.78, 5) is 14.0. The number of aliphatic carboxylic acids is 1. The molecule has 0 radical (unpaired) electrons. The number of nitrogens with zero attached hydrogens (tertiary/aromatic N) is 2. The average Bonchev–Trinajstić information content (AvgIpc) is 2.19. The van der Waals surface area contributed by atoms with Crippen LogP contribution in [0.5, 0.6) is 0 Å². The number of aliphatic hydroxyl groups is 1. The lowest BCUT2D eigenvalue weighted by atomic mass is 10.2. The smallest absolute Gasteiger partial charge is 0.332 e. The zero-order valence-electron chi connectivity index (χ0n) is 13.5. The van der Waals surface area contributed by atoms with Crippen molar-refractivity contribution in [2.24, 2.45) is 10.7 Å². The lowest BCUT2D eigenvalue weighted by Crippen LogP contribution is -2.30. The molecule has 6 heteroatoms. The molecular formula is C8H17N3O3. The lowest BCUT2D eigenvalue weighted by molar-refractivity contribution is -0.146. The standard InChI is InChI=1S/C8H17N3O3/c1-11(2)8(9)10-5-3-4-6(12)7(13)14/h6,12H,3-5H2,1-2H3,(H2,9,10)(H,13,14)/i1D3,2D3. The van der Waals surface area contributed by atoms with Gasteiger partial charge in [0.05, 0.1) is 0 Å². The van der Waals surface area contributed by atoms with Gasteiger partial charge in [0.1, 0.15) is 0 Å². The number of nitrogens with two attached hydrogens (primary N) is 1. The first-order valence-corrected chi connectivity index (χ1v) is 3.88. The molecule has 0 rings (SSSR count). The van der Waals surface area contributed by atoms with Gasteiger partial charge in [0, 0.05) is 28.7 Å². The summed E-state index contributed by atoms with van der Waals surface area (Å²) in [5.41, 5.74) is 5.34. The van der Waals surface area contributed by atoms with Gasteiger partial charge < -0.3 is 20.8 Å². The summed E-state index contributed by atoms with van der Waals surface area (Å²) in [6.07, 6.45) is -1.54. The van der Waals surface area contributed by atoms with Crippen LogP contribution in [0.3, 0.4) is 0 Å². The summed E-state index contributed by atoms with van der Waals surface area (Å²) in [5.74, 6) is -2.07. The molecular weight excluding hydrogens is 186 g/mol. The van der Waals surface area contributed by atoms with E-state index in [0.717, 1.165) is 0 Å². The molecule has 82 valence electrons. The summed E-state index contributed by atoms with van der Waals surface area (Å²) in [6, 6.07) is 0. The number of carboxylic acids is 1. The predicted octanol–water partition coefficient (Wildman–Crippen LogP) is -0.912. The van der Waals surface area contributed by atoms with Crippen LogP contribution in [-0.2, 0) is 4.79 Å². The van der Waals surface area contributed by atoms with Gasteiger partial charge in [-0.05, 0) is 12.8 Å². The van der Waals surface area contributed by atoms with Crippen molar-refractivity contribution in [2.45, 2.75) is 18.9 Å². The fraction of sp³-hybridized carbons (Fsp3) is 0.750. The molecule has 0 aliphatic carbocycles. The zero-order valence-corrected chi connectivity index (χ0v) is 7.47. The minimum atomic E-state index is -2.97. The molecule has 0 fully saturated rings. The maximum absolute atomic E-state index is 10.3. The summed E-state index contributed by atoms with van der Waals surface area (Å²) in [7, 11) is 0. The van der Waals surface area contributed by atoms with E-state index in [1.54, 1.807) is 0 Å². The van der Waals surface area contributed by atoms with Crippen LogP contribution in [0.2, 0.25) is 0 Å². The fourth-order valence-electron chi connectivity index (χ4n) is 0.672. The van der Waals surface area contributed by atoms with Gasteiger partial charge in [0.25, 0.3) is 0 Å². The number of hydrogen-bond donors (Lipinski definition) is 3. The lowest BCUT2D eigenvalue weighted by Gasteiger charge is -2.10. The Bertz CT molecular complexity index is 353. The Morgan fingerprint density at radius 3 is 2.86 bits per heavy atom. The Balaban J connectivity index is 4.65. The van der Waals surface area contributed by atoms with Gasteiger partial charge in [0.15, 0.2) is 12.1 Å². The number of guanidine groups is 1. The Morgan fingerprint density at radius 1 is 1.71 bits per heavy atom. The van der Waals surface area contributed by atoms with Gasteiger partial charge >= 0.3 is 5.97 Å². The highest BCUT2D eigenvalue weighted by Crippen LogP contribution is 1.97. The largest absolute Gasteiger partial charge is 0.479 e. The molecule has 0 aromatic rings. The highest BCUT2D eigenvalue weighted by Gasteiger charge is 2.11. The van der Waals surface area contributed by atoms with Gasteiger partial charge in [-0.3, -0.25) is 4.99 Å². The van der Waals surface area contributed by atoms with Crippen LogP contribution in [0.4, 0.5) is 0 Å². The van der Waals surface area contributed by atoms with Crippen molar-refractivity contribution in [3.05, 3.63) is 0 Å². The minimum absolute atomic E-state index is 0.0353. The average molecular weight is 209 g/mol. The predicted molar refractivity (Wildman–Crippen MR) is 53.1 cm³/mol. The van der Waals surface area contributed by atoms with Crippen LogP contribution in [0.15, 0.2) is 4.99 Å². The van der Waals surface area contributed by atoms with Crippen molar-refractivity contribution in [1.82, 2.24) is 4.90 Å². The SMILES string of the molecule is [2H]C([2H])([2H])N(C(N)=NCCCC(O)C(=O)O)C([2H])([2H])[2H]. The van der Waals surface area contributed by atoms with E-state index in [0.29, 0.717) is 0 Å². The van der Waals surface area contributed by atoms with Gasteiger partial charge in [0.2, 0.25) is 0 Å². The van der Waals surface area contributed by atoms with Crippen LogP contribution >= 0.6 is 0 Å². The number of aliphatic imine (C=N–C) groups is 1. The van der Waals surface area contributed by atoms with Crippen molar-refractivity contribution < 1.29 is 23.2 Å². The van der Waals surface area contributed by atoms with Crippen molar-refractivity contribution in [1.29, 1.82) is 0 Å². The highest BCUT2D eigenvalue weighted by atomic mass is 16.4. The third-order valence-electron chi connectivity index (χ3n) is 1.42. The van der Waals surface area contributed by atoms with Crippen molar-refractivity contribution in [2.75, 3.05) is 20.5 Å². The third-order valence-corrected chi connectivity index (χ3v) is 1.42. The first-order valence-electron chi connectivity index (χ1n) is 6.88. The molecule has 0 saturated carbocycles. The van der Waals surface area contributed by atoms with E-state index in [2.05, 4.69) is 4.99 Å². The van der Waals surface area contributed by atoms with Crippen molar-refractivity contribution >= 4 is 11.9 Å². The molecule has 6 nitrogen and oxygen atoms in total. The van der Waals surface area contributed by atoms with Gasteiger partial charge in [-0.1, -0.05) is 0 Å². The van der Waals surface area contributed by atoms with Crippen LogP contribution in [0, 0.1) is 0 Å². The normalized spacial score (nSPS) is 21.9. The maximum atomic E-state index is 10.3. The molecule has 0 spiro atoms. The topological polar surface area (TPSA) is 99.1 Å². The van der Waals surface area contributed by atoms with Crippen molar-refractivity contribution in [3.8, 4) is 0 Å². The van der Waals surface area contributed by atoms with Gasteiger partial charge in [-0.15, -0.1) is 0 Å². The summed E-state index contributed by atoms with van der Waals surface area (Å²) >= 11 is 0. The first-order chi connectivity index (χ1) is 8.87. The molecule has 4 N–H and O–H groups in total. The molecule has 1 atom stereocenters. The van der Waals surface area contributed by atoms with E-state index in [9.17, 15) is 4.79 Å². The quantitative estimate of drug-likeness (QED) is 0.309. The fourth-order valence-corrected chi connectivity index (χ4v) is 0.672. The molecule has 0 aromatic carbocycles. The van der Waals surface area contributed by atoms with E-state index >= 15 is 0 Å². The molecule has 0 aliphatic rings. The summed E-state index contributed by atoms with van der Waals surface area (Å²) in [5, 5.41) is 17.4. The van der Waals surface area contributed by atoms with E-state index in [1.165, 1.54) is 0 Å². The molecule has 0 bridgehead atoms. The first kappa shape index (κ1) is 5.55. The third kappa shape index (κ3) is 5.36. The second kappa shape index (κ2) is 6.20.